The number of hydrogen-bond acceptors (Lipinski definition) is 5. The Morgan fingerprint density at radius 2 is 2.19 bits per heavy atom. The van der Waals surface area contributed by atoms with Crippen molar-refractivity contribution < 1.29 is 4.74 Å². The van der Waals surface area contributed by atoms with E-state index in [1.165, 1.54) is 0 Å². The van der Waals surface area contributed by atoms with E-state index >= 15 is 0 Å². The maximum atomic E-state index is 5.39. The molecule has 1 rings (SSSR count). The maximum absolute atomic E-state index is 5.39. The van der Waals surface area contributed by atoms with E-state index in [0.29, 0.717) is 11.6 Å². The fourth-order valence-corrected chi connectivity index (χ4v) is 1.57. The average Bonchev–Trinajstić information content (AvgIpc) is 2.31. The van der Waals surface area contributed by atoms with E-state index in [1.807, 2.05) is 13.0 Å². The van der Waals surface area contributed by atoms with Gasteiger partial charge in [0.05, 0.1) is 0 Å². The summed E-state index contributed by atoms with van der Waals surface area (Å²) in [7, 11) is 1.67. The topological polar surface area (TPSA) is 73.1 Å². The Balaban J connectivity index is 3.02. The second-order valence-electron chi connectivity index (χ2n) is 3.63. The molecule has 0 saturated carbocycles. The molecular weight excluding hydrogens is 204 g/mol. The first-order valence-electron chi connectivity index (χ1n) is 5.62. The molecule has 5 nitrogen and oxygen atoms in total. The molecule has 0 fully saturated rings. The number of nitrogen functional groups attached to an aromatic ring is 1. The van der Waals surface area contributed by atoms with Crippen LogP contribution in [-0.4, -0.2) is 17.1 Å². The third-order valence-electron chi connectivity index (χ3n) is 2.39. The molecule has 0 aliphatic rings. The lowest BCUT2D eigenvalue weighted by atomic mass is 10.2. The van der Waals surface area contributed by atoms with Gasteiger partial charge in [0.2, 0.25) is 0 Å². The quantitative estimate of drug-likeness (QED) is 0.569. The van der Waals surface area contributed by atoms with Gasteiger partial charge in [0.15, 0.2) is 5.82 Å². The zero-order valence-electron chi connectivity index (χ0n) is 10.2. The van der Waals surface area contributed by atoms with Gasteiger partial charge in [0.1, 0.15) is 11.9 Å². The van der Waals surface area contributed by atoms with Crippen molar-refractivity contribution >= 4 is 5.82 Å². The molecule has 16 heavy (non-hydrogen) atoms. The van der Waals surface area contributed by atoms with Crippen molar-refractivity contribution in [3.05, 3.63) is 17.6 Å². The molecule has 0 aliphatic heterocycles. The van der Waals surface area contributed by atoms with Crippen molar-refractivity contribution in [2.45, 2.75) is 39.2 Å². The summed E-state index contributed by atoms with van der Waals surface area (Å²) in [5, 5.41) is 0. The predicted octanol–water partition coefficient (Wildman–Crippen LogP) is 1.81. The van der Waals surface area contributed by atoms with Crippen LogP contribution in [0.5, 0.6) is 0 Å². The largest absolute Gasteiger partial charge is 0.373 e. The van der Waals surface area contributed by atoms with Crippen LogP contribution in [0.4, 0.5) is 5.82 Å². The van der Waals surface area contributed by atoms with Crippen LogP contribution in [-0.2, 0) is 11.2 Å². The van der Waals surface area contributed by atoms with Gasteiger partial charge < -0.3 is 10.2 Å². The number of rotatable bonds is 6. The van der Waals surface area contributed by atoms with Gasteiger partial charge >= 0.3 is 0 Å². The van der Waals surface area contributed by atoms with Crippen LogP contribution in [0.1, 0.15) is 44.3 Å². The molecule has 1 aromatic heterocycles. The molecule has 1 atom stereocenters. The lowest BCUT2D eigenvalue weighted by Gasteiger charge is -2.13. The highest BCUT2D eigenvalue weighted by molar-refractivity contribution is 5.34. The summed E-state index contributed by atoms with van der Waals surface area (Å²) in [6, 6.07) is 1.87. The van der Waals surface area contributed by atoms with Crippen molar-refractivity contribution in [2.75, 3.05) is 12.5 Å². The zero-order valence-corrected chi connectivity index (χ0v) is 10.2. The van der Waals surface area contributed by atoms with Crippen molar-refractivity contribution in [3.63, 3.8) is 0 Å². The van der Waals surface area contributed by atoms with E-state index in [0.717, 1.165) is 25.0 Å². The van der Waals surface area contributed by atoms with Crippen LogP contribution >= 0.6 is 0 Å². The molecule has 0 amide bonds. The molecule has 0 aromatic carbocycles. The summed E-state index contributed by atoms with van der Waals surface area (Å²) in [6.07, 6.45) is 2.74. The molecule has 3 N–H and O–H groups in total. The van der Waals surface area contributed by atoms with Gasteiger partial charge in [-0.05, 0) is 12.8 Å². The smallest absolute Gasteiger partial charge is 0.159 e. The van der Waals surface area contributed by atoms with E-state index in [4.69, 9.17) is 10.6 Å². The fourth-order valence-electron chi connectivity index (χ4n) is 1.57. The summed E-state index contributed by atoms with van der Waals surface area (Å²) < 4.78 is 5.32. The third-order valence-corrected chi connectivity index (χ3v) is 2.39. The van der Waals surface area contributed by atoms with Gasteiger partial charge in [0.25, 0.3) is 0 Å². The molecule has 1 unspecified atom stereocenters. The first-order valence-corrected chi connectivity index (χ1v) is 5.62. The Kier molecular flexibility index (Phi) is 5.14. The van der Waals surface area contributed by atoms with Crippen molar-refractivity contribution in [1.29, 1.82) is 0 Å². The van der Waals surface area contributed by atoms with Crippen LogP contribution < -0.4 is 11.3 Å². The number of hydrogen-bond donors (Lipinski definition) is 2. The molecular formula is C11H20N4O. The molecule has 0 saturated heterocycles. The Morgan fingerprint density at radius 1 is 1.44 bits per heavy atom. The first-order chi connectivity index (χ1) is 7.74. The number of nitrogens with one attached hydrogen (secondary N) is 1. The normalized spacial score (nSPS) is 12.5. The Bertz CT molecular complexity index is 326. The molecule has 0 bridgehead atoms. The lowest BCUT2D eigenvalue weighted by Crippen LogP contribution is -2.14. The maximum Gasteiger partial charge on any atom is 0.159 e. The average molecular weight is 224 g/mol. The third kappa shape index (κ3) is 3.15. The number of aryl methyl sites for hydroxylation is 1. The molecule has 90 valence electrons. The monoisotopic (exact) mass is 224 g/mol. The summed E-state index contributed by atoms with van der Waals surface area (Å²) in [6.45, 7) is 4.16. The Hall–Kier alpha value is -1.20. The number of aromatic nitrogens is 2. The fraction of sp³-hybridized carbons (Fsp3) is 0.636. The van der Waals surface area contributed by atoms with E-state index in [-0.39, 0.29) is 6.10 Å². The second-order valence-corrected chi connectivity index (χ2v) is 3.63. The van der Waals surface area contributed by atoms with Crippen LogP contribution in [0, 0.1) is 0 Å². The van der Waals surface area contributed by atoms with Crippen LogP contribution in [0.3, 0.4) is 0 Å². The van der Waals surface area contributed by atoms with Gasteiger partial charge in [0, 0.05) is 18.9 Å². The number of nitrogens with two attached hydrogens (primary N) is 1. The minimum absolute atomic E-state index is 0.0658. The van der Waals surface area contributed by atoms with E-state index < -0.39 is 0 Å². The van der Waals surface area contributed by atoms with E-state index in [1.54, 1.807) is 7.11 Å². The lowest BCUT2D eigenvalue weighted by molar-refractivity contribution is 0.0925. The SMILES string of the molecule is CCCc1cc(NN)nc(C(CC)OC)n1. The van der Waals surface area contributed by atoms with Gasteiger partial charge in [-0.15, -0.1) is 0 Å². The highest BCUT2D eigenvalue weighted by Gasteiger charge is 2.13. The summed E-state index contributed by atoms with van der Waals surface area (Å²) in [4.78, 5) is 8.79. The Labute approximate surface area is 96.4 Å². The van der Waals surface area contributed by atoms with E-state index in [2.05, 4.69) is 22.3 Å². The van der Waals surface area contributed by atoms with Gasteiger partial charge in [-0.3, -0.25) is 0 Å². The first kappa shape index (κ1) is 12.9. The molecule has 5 heteroatoms. The number of anilines is 1. The van der Waals surface area contributed by atoms with Crippen molar-refractivity contribution in [3.8, 4) is 0 Å². The highest BCUT2D eigenvalue weighted by atomic mass is 16.5. The zero-order chi connectivity index (χ0) is 12.0. The van der Waals surface area contributed by atoms with Gasteiger partial charge in [-0.1, -0.05) is 20.3 Å². The second kappa shape index (κ2) is 6.40. The van der Waals surface area contributed by atoms with Gasteiger partial charge in [-0.2, -0.15) is 0 Å². The molecule has 0 spiro atoms. The summed E-state index contributed by atoms with van der Waals surface area (Å²) in [5.41, 5.74) is 3.56. The number of ether oxygens (including phenoxy) is 1. The number of methoxy groups -OCH3 is 1. The molecule has 1 aromatic rings. The minimum Gasteiger partial charge on any atom is -0.373 e. The minimum atomic E-state index is -0.0658. The molecule has 1 heterocycles. The van der Waals surface area contributed by atoms with Crippen molar-refractivity contribution in [1.82, 2.24) is 9.97 Å². The van der Waals surface area contributed by atoms with Gasteiger partial charge in [-0.25, -0.2) is 15.8 Å². The van der Waals surface area contributed by atoms with Crippen LogP contribution in [0.2, 0.25) is 0 Å². The van der Waals surface area contributed by atoms with Crippen LogP contribution in [0.25, 0.3) is 0 Å². The molecule has 0 radical (unpaired) electrons. The van der Waals surface area contributed by atoms with Crippen LogP contribution in [0.15, 0.2) is 6.07 Å². The standard InChI is InChI=1S/C11H20N4O/c1-4-6-8-7-10(15-12)14-11(13-8)9(5-2)16-3/h7,9H,4-6,12H2,1-3H3,(H,13,14,15). The predicted molar refractivity (Wildman–Crippen MR) is 63.9 cm³/mol. The van der Waals surface area contributed by atoms with E-state index in [9.17, 15) is 0 Å². The molecule has 0 aliphatic carbocycles. The van der Waals surface area contributed by atoms with Crippen molar-refractivity contribution in [2.24, 2.45) is 5.84 Å². The Morgan fingerprint density at radius 3 is 2.69 bits per heavy atom. The number of hydrazine groups is 1. The number of nitrogens with zero attached hydrogens (tertiary/aromatic N) is 2. The highest BCUT2D eigenvalue weighted by Crippen LogP contribution is 2.18. The summed E-state index contributed by atoms with van der Waals surface area (Å²) in [5.74, 6) is 6.73. The summed E-state index contributed by atoms with van der Waals surface area (Å²) >= 11 is 0.